The molecule has 18 N–H and O–H groups in total. The maximum absolute atomic E-state index is 4.50. The molecule has 0 radical (unpaired) electrons. The van der Waals surface area contributed by atoms with Crippen LogP contribution in [0.2, 0.25) is 0 Å². The minimum atomic E-state index is 0. The summed E-state index contributed by atoms with van der Waals surface area (Å²) in [4.78, 5) is 5.48. The van der Waals surface area contributed by atoms with E-state index in [1.165, 1.54) is 258 Å². The fourth-order valence-corrected chi connectivity index (χ4v) is 19.0. The maximum Gasteiger partial charge on any atom is 0.0413 e. The molecule has 10 aromatic rings. The Bertz CT molecular complexity index is 4060. The molecule has 2 atom stereocenters. The van der Waals surface area contributed by atoms with Gasteiger partial charge in [0, 0.05) is 29.5 Å². The summed E-state index contributed by atoms with van der Waals surface area (Å²) in [6.07, 6.45) is 36.0. The van der Waals surface area contributed by atoms with E-state index in [1.807, 2.05) is 77.9 Å². The quantitative estimate of drug-likeness (QED) is 0.101. The number of aryl methyl sites for hydroxylation is 6. The molecule has 2 unspecified atom stereocenters. The van der Waals surface area contributed by atoms with Crippen LogP contribution >= 0.6 is 0 Å². The van der Waals surface area contributed by atoms with Crippen molar-refractivity contribution in [1.82, 2.24) is 17.2 Å². The molecule has 0 aliphatic heterocycles. The summed E-state index contributed by atoms with van der Waals surface area (Å²) in [6, 6.07) is 98.8. The summed E-state index contributed by atoms with van der Waals surface area (Å²) >= 11 is 0. The van der Waals surface area contributed by atoms with Gasteiger partial charge in [-0.05, 0) is 287 Å². The molecule has 0 bridgehead atoms. The van der Waals surface area contributed by atoms with Crippen LogP contribution < -0.4 is 22.9 Å². The van der Waals surface area contributed by atoms with Gasteiger partial charge >= 0.3 is 0 Å². The standard InChI is InChI=1S/C51H53N.C32H45N.2C7H8.C6H12.3C2H6.CH5N.2H3N.5H2O/c1-36-7-11-39(12-8-36)41-15-19-43(20-16-41)45-23-29-49(30-24-45)52(51-33-27-47(28-34-51)48-6-4-5-38(3)35-48)50-31-25-46(26-32-50)44-21-17-42(18-22-44)40-13-9-37(2)10-14-40;1-24-9-8-12-28(23-24)25-15-19-29(20-16-25)33(2)30-21-17-27(18-22-30)32-14-7-6-13-31(32)26-10-4-3-5-11-26;2*1-7-5-3-2-4-6-7;1-2-4-6-5-3-1;4*1-2;;;;;;;/h4-16,19-20,25-28,31-35,42,44-45,49H,17-18,21-24,29-30H2,1-3H3;3-5,8-12,23,25,27,29-32H,6-7,13-22H2,1-2H3;2*2-6H,1H3;1-6H2;3*1-2H3;2H2,1H3;2*1H3;5*1H2. The second-order valence-electron chi connectivity index (χ2n) is 32.9. The average molecular weight is 1640 g/mol. The summed E-state index contributed by atoms with van der Waals surface area (Å²) in [5, 5.41) is 0. The van der Waals surface area contributed by atoms with Crippen molar-refractivity contribution < 1.29 is 27.4 Å². The largest absolute Gasteiger partial charge is 0.412 e. The van der Waals surface area contributed by atoms with Gasteiger partial charge in [-0.25, -0.2) is 0 Å². The zero-order chi connectivity index (χ0) is 80.5. The fraction of sp³-hybridized carbons (Fsp3) is 0.455. The Morgan fingerprint density at radius 3 is 0.942 bits per heavy atom. The number of nitrogens with zero attached hydrogens (tertiary/aromatic N) is 2. The minimum Gasteiger partial charge on any atom is -0.412 e. The van der Waals surface area contributed by atoms with Crippen molar-refractivity contribution in [3.63, 3.8) is 0 Å². The molecule has 0 saturated heterocycles. The van der Waals surface area contributed by atoms with Gasteiger partial charge in [0.25, 0.3) is 0 Å². The van der Waals surface area contributed by atoms with Crippen LogP contribution in [0.1, 0.15) is 299 Å². The van der Waals surface area contributed by atoms with Gasteiger partial charge in [-0.15, -0.1) is 0 Å². The third-order valence-corrected chi connectivity index (χ3v) is 25.4. The topological polar surface area (TPSA) is 260 Å². The lowest BCUT2D eigenvalue weighted by atomic mass is 9.65. The monoisotopic (exact) mass is 1640 g/mol. The molecule has 6 saturated carbocycles. The summed E-state index contributed by atoms with van der Waals surface area (Å²) in [7, 11) is 3.95. The van der Waals surface area contributed by atoms with Crippen molar-refractivity contribution in [2.75, 3.05) is 19.0 Å². The normalized spacial score (nSPS) is 20.4. The zero-order valence-electron chi connectivity index (χ0n) is 76.9. The predicted octanol–water partition coefficient (Wildman–Crippen LogP) is 27.9. The second-order valence-corrected chi connectivity index (χ2v) is 32.9. The third kappa shape index (κ3) is 34.2. The van der Waals surface area contributed by atoms with Crippen LogP contribution in [0.3, 0.4) is 0 Å². The molecule has 6 fully saturated rings. The van der Waals surface area contributed by atoms with Crippen LogP contribution in [0, 0.1) is 53.4 Å². The zero-order valence-corrected chi connectivity index (χ0v) is 76.9. The number of nitrogens with two attached hydrogens (primary N) is 1. The number of hydrogen-bond acceptors (Lipinski definition) is 5. The highest BCUT2D eigenvalue weighted by Crippen LogP contribution is 2.49. The van der Waals surface area contributed by atoms with Gasteiger partial charge in [-0.3, -0.25) is 0 Å². The van der Waals surface area contributed by atoms with E-state index in [2.05, 4.69) is 289 Å². The van der Waals surface area contributed by atoms with E-state index in [9.17, 15) is 0 Å². The highest BCUT2D eigenvalue weighted by molar-refractivity contribution is 5.71. The van der Waals surface area contributed by atoms with Crippen molar-refractivity contribution in [3.05, 3.63) is 322 Å². The van der Waals surface area contributed by atoms with Crippen molar-refractivity contribution in [3.8, 4) is 22.3 Å². The van der Waals surface area contributed by atoms with E-state index < -0.39 is 0 Å². The molecule has 6 aliphatic rings. The van der Waals surface area contributed by atoms with Crippen molar-refractivity contribution in [2.45, 2.75) is 298 Å². The van der Waals surface area contributed by atoms with E-state index in [4.69, 9.17) is 0 Å². The lowest BCUT2D eigenvalue weighted by Crippen LogP contribution is -2.44. The number of benzene rings is 10. The lowest BCUT2D eigenvalue weighted by Gasteiger charge is -2.45. The second kappa shape index (κ2) is 61.0. The molecule has 0 heterocycles. The molecule has 16 rings (SSSR count). The SMILES string of the molecule is C1CCCCC1.CC.CC.CC.CN.Cc1ccc(-c2ccc(C3CCC(N(c4ccc(-c5cccc(C)c5)cc4)c4ccc(C5CCC(c6ccc(C)cc6)CC5)cc4)CC3)cc2)cc1.Cc1cccc(C2CCC(N(C)C3CCC(C4CCCCC4c4ccccc4)CC3)CC2)c1.Cc1ccccc1.Cc1ccccc1.N.N.O.O.O.O.O. The number of anilines is 2. The molecular weight excluding hydrogens is 1470 g/mol. The van der Waals surface area contributed by atoms with Crippen LogP contribution in [0.5, 0.6) is 0 Å². The lowest BCUT2D eigenvalue weighted by molar-refractivity contribution is 0.0725. The Morgan fingerprint density at radius 1 is 0.242 bits per heavy atom. The molecule has 10 nitrogen and oxygen atoms in total. The molecule has 660 valence electrons. The van der Waals surface area contributed by atoms with Crippen LogP contribution in [-0.4, -0.2) is 64.5 Å². The molecule has 6 aliphatic carbocycles. The molecule has 0 amide bonds. The Kier molecular flexibility index (Phi) is 55.8. The van der Waals surface area contributed by atoms with E-state index in [0.29, 0.717) is 23.8 Å². The van der Waals surface area contributed by atoms with Gasteiger partial charge in [0.1, 0.15) is 0 Å². The smallest absolute Gasteiger partial charge is 0.0413 e. The van der Waals surface area contributed by atoms with Gasteiger partial charge in [0.2, 0.25) is 0 Å². The van der Waals surface area contributed by atoms with Gasteiger partial charge in [-0.2, -0.15) is 0 Å². The Morgan fingerprint density at radius 2 is 0.533 bits per heavy atom. The molecule has 10 heteroatoms. The first-order valence-corrected chi connectivity index (χ1v) is 45.2. The maximum atomic E-state index is 4.50. The minimum absolute atomic E-state index is 0. The number of hydrogen-bond donors (Lipinski definition) is 3. The first-order chi connectivity index (χ1) is 55.4. The van der Waals surface area contributed by atoms with E-state index in [1.54, 1.807) is 11.1 Å². The molecule has 10 aromatic carbocycles. The molecule has 120 heavy (non-hydrogen) atoms. The first kappa shape index (κ1) is 110. The summed E-state index contributed by atoms with van der Waals surface area (Å²) in [6.45, 7) is 24.9. The average Bonchev–Trinajstić information content (AvgIpc) is 0.796. The summed E-state index contributed by atoms with van der Waals surface area (Å²) in [5.74, 6) is 5.46. The van der Waals surface area contributed by atoms with Crippen molar-refractivity contribution in [1.29, 1.82) is 0 Å². The Labute approximate surface area is 730 Å². The van der Waals surface area contributed by atoms with Crippen LogP contribution in [-0.2, 0) is 0 Å². The van der Waals surface area contributed by atoms with E-state index >= 15 is 0 Å². The molecule has 0 aromatic heterocycles. The van der Waals surface area contributed by atoms with Crippen molar-refractivity contribution >= 4 is 11.4 Å². The van der Waals surface area contributed by atoms with E-state index in [0.717, 1.165) is 35.8 Å². The van der Waals surface area contributed by atoms with Crippen LogP contribution in [0.15, 0.2) is 261 Å². The highest BCUT2D eigenvalue weighted by Gasteiger charge is 2.38. The predicted molar refractivity (Wildman–Crippen MR) is 525 cm³/mol. The Hall–Kier alpha value is -8.36. The Balaban J connectivity index is 0.000000902. The van der Waals surface area contributed by atoms with Crippen LogP contribution in [0.4, 0.5) is 11.4 Å². The van der Waals surface area contributed by atoms with Gasteiger partial charge in [0.15, 0.2) is 0 Å². The summed E-state index contributed by atoms with van der Waals surface area (Å²) < 4.78 is 0. The van der Waals surface area contributed by atoms with Gasteiger partial charge in [-0.1, -0.05) is 363 Å². The third-order valence-electron chi connectivity index (χ3n) is 25.4. The molecule has 0 spiro atoms. The van der Waals surface area contributed by atoms with E-state index in [-0.39, 0.29) is 39.7 Å². The number of rotatable bonds is 13. The summed E-state index contributed by atoms with van der Waals surface area (Å²) in [5.41, 5.74) is 28.0. The first-order valence-electron chi connectivity index (χ1n) is 45.2. The van der Waals surface area contributed by atoms with Gasteiger partial charge < -0.3 is 55.2 Å². The fourth-order valence-electron chi connectivity index (χ4n) is 19.0. The van der Waals surface area contributed by atoms with Crippen molar-refractivity contribution in [2.24, 2.45) is 17.6 Å². The van der Waals surface area contributed by atoms with Gasteiger partial charge in [0.05, 0.1) is 0 Å². The highest BCUT2D eigenvalue weighted by atomic mass is 16.0. The van der Waals surface area contributed by atoms with Crippen LogP contribution in [0.25, 0.3) is 22.3 Å². The molecular formula is C110H165N5O5.